The molecule has 160 valence electrons. The SMILES string of the molecule is C[C@@H]1CN(S(=O)(=O)c2cccc(C(=O)N3CCCSc4ccccc43)c2)C[C@@H](C)O1. The number of para-hydroxylation sites is 1. The minimum absolute atomic E-state index is 0.145. The molecule has 0 unspecified atom stereocenters. The summed E-state index contributed by atoms with van der Waals surface area (Å²) in [6.45, 7) is 4.96. The van der Waals surface area contributed by atoms with Gasteiger partial charge in [-0.15, -0.1) is 11.8 Å². The molecule has 2 aliphatic heterocycles. The summed E-state index contributed by atoms with van der Waals surface area (Å²) in [5, 5.41) is 0. The van der Waals surface area contributed by atoms with Crippen LogP contribution in [0.3, 0.4) is 0 Å². The molecule has 0 aromatic heterocycles. The zero-order valence-electron chi connectivity index (χ0n) is 17.2. The van der Waals surface area contributed by atoms with Crippen LogP contribution in [-0.2, 0) is 14.8 Å². The average molecular weight is 447 g/mol. The quantitative estimate of drug-likeness (QED) is 0.720. The molecule has 4 rings (SSSR count). The number of nitrogens with zero attached hydrogens (tertiary/aromatic N) is 2. The van der Waals surface area contributed by atoms with Gasteiger partial charge in [0, 0.05) is 30.1 Å². The highest BCUT2D eigenvalue weighted by Crippen LogP contribution is 2.34. The molecule has 2 aromatic carbocycles. The molecular weight excluding hydrogens is 420 g/mol. The van der Waals surface area contributed by atoms with Crippen LogP contribution in [0.15, 0.2) is 58.3 Å². The number of hydrogen-bond donors (Lipinski definition) is 0. The third-order valence-corrected chi connectivity index (χ3v) is 8.27. The normalized spacial score (nSPS) is 22.9. The highest BCUT2D eigenvalue weighted by molar-refractivity contribution is 7.99. The lowest BCUT2D eigenvalue weighted by atomic mass is 10.1. The Hall–Kier alpha value is -1.87. The molecule has 1 amide bonds. The smallest absolute Gasteiger partial charge is 0.258 e. The average Bonchev–Trinajstić information content (AvgIpc) is 2.95. The molecule has 0 aliphatic carbocycles. The number of carbonyl (C=O) groups is 1. The molecule has 0 spiro atoms. The molecule has 8 heteroatoms. The van der Waals surface area contributed by atoms with Crippen LogP contribution in [0.2, 0.25) is 0 Å². The molecule has 0 N–H and O–H groups in total. The maximum atomic E-state index is 13.4. The number of carbonyl (C=O) groups excluding carboxylic acids is 1. The van der Waals surface area contributed by atoms with E-state index in [1.807, 2.05) is 38.1 Å². The van der Waals surface area contributed by atoms with Gasteiger partial charge in [-0.1, -0.05) is 18.2 Å². The third-order valence-electron chi connectivity index (χ3n) is 5.29. The van der Waals surface area contributed by atoms with Crippen LogP contribution < -0.4 is 4.90 Å². The highest BCUT2D eigenvalue weighted by Gasteiger charge is 2.33. The molecule has 0 bridgehead atoms. The summed E-state index contributed by atoms with van der Waals surface area (Å²) in [7, 11) is -3.70. The Balaban J connectivity index is 1.64. The van der Waals surface area contributed by atoms with Crippen LogP contribution in [0.5, 0.6) is 0 Å². The van der Waals surface area contributed by atoms with Crippen LogP contribution >= 0.6 is 11.8 Å². The number of amides is 1. The number of anilines is 1. The number of morpholine rings is 1. The lowest BCUT2D eigenvalue weighted by Gasteiger charge is -2.34. The summed E-state index contributed by atoms with van der Waals surface area (Å²) in [5.74, 6) is 0.772. The number of sulfonamides is 1. The first-order valence-electron chi connectivity index (χ1n) is 10.2. The summed E-state index contributed by atoms with van der Waals surface area (Å²) in [5.41, 5.74) is 1.27. The van der Waals surface area contributed by atoms with E-state index in [-0.39, 0.29) is 23.0 Å². The van der Waals surface area contributed by atoms with Gasteiger partial charge in [0.25, 0.3) is 5.91 Å². The number of fused-ring (bicyclic) bond motifs is 1. The minimum atomic E-state index is -3.70. The third kappa shape index (κ3) is 4.27. The van der Waals surface area contributed by atoms with Crippen molar-refractivity contribution in [1.29, 1.82) is 0 Å². The van der Waals surface area contributed by atoms with E-state index in [2.05, 4.69) is 0 Å². The second-order valence-corrected chi connectivity index (χ2v) is 10.8. The zero-order chi connectivity index (χ0) is 21.3. The van der Waals surface area contributed by atoms with Gasteiger partial charge in [0.15, 0.2) is 0 Å². The number of benzene rings is 2. The fraction of sp³-hybridized carbons (Fsp3) is 0.409. The molecule has 2 atom stereocenters. The van der Waals surface area contributed by atoms with Crippen LogP contribution in [-0.4, -0.2) is 56.2 Å². The van der Waals surface area contributed by atoms with Gasteiger partial charge in [-0.2, -0.15) is 4.31 Å². The number of rotatable bonds is 3. The zero-order valence-corrected chi connectivity index (χ0v) is 18.8. The van der Waals surface area contributed by atoms with E-state index in [1.165, 1.54) is 10.4 Å². The summed E-state index contributed by atoms with van der Waals surface area (Å²) in [4.78, 5) is 16.3. The lowest BCUT2D eigenvalue weighted by Crippen LogP contribution is -2.48. The van der Waals surface area contributed by atoms with Gasteiger partial charge < -0.3 is 9.64 Å². The second kappa shape index (κ2) is 8.70. The van der Waals surface area contributed by atoms with Crippen LogP contribution in [0.25, 0.3) is 0 Å². The van der Waals surface area contributed by atoms with Crippen molar-refractivity contribution < 1.29 is 17.9 Å². The van der Waals surface area contributed by atoms with Crippen molar-refractivity contribution in [3.63, 3.8) is 0 Å². The van der Waals surface area contributed by atoms with Crippen molar-refractivity contribution in [3.05, 3.63) is 54.1 Å². The highest BCUT2D eigenvalue weighted by atomic mass is 32.2. The van der Waals surface area contributed by atoms with Gasteiger partial charge >= 0.3 is 0 Å². The lowest BCUT2D eigenvalue weighted by molar-refractivity contribution is -0.0440. The van der Waals surface area contributed by atoms with Crippen molar-refractivity contribution in [1.82, 2.24) is 4.31 Å². The first-order valence-corrected chi connectivity index (χ1v) is 12.6. The molecule has 1 saturated heterocycles. The van der Waals surface area contributed by atoms with E-state index < -0.39 is 10.0 Å². The van der Waals surface area contributed by atoms with Crippen LogP contribution in [0.4, 0.5) is 5.69 Å². The molecule has 6 nitrogen and oxygen atoms in total. The van der Waals surface area contributed by atoms with Crippen molar-refractivity contribution in [2.75, 3.05) is 30.3 Å². The number of thioether (sulfide) groups is 1. The van der Waals surface area contributed by atoms with E-state index in [1.54, 1.807) is 34.9 Å². The van der Waals surface area contributed by atoms with Crippen LogP contribution in [0, 0.1) is 0 Å². The van der Waals surface area contributed by atoms with Gasteiger partial charge in [-0.3, -0.25) is 4.79 Å². The van der Waals surface area contributed by atoms with Crippen LogP contribution in [0.1, 0.15) is 30.6 Å². The maximum absolute atomic E-state index is 13.4. The molecule has 30 heavy (non-hydrogen) atoms. The predicted molar refractivity (Wildman–Crippen MR) is 119 cm³/mol. The molecule has 0 radical (unpaired) electrons. The first kappa shape index (κ1) is 21.4. The topological polar surface area (TPSA) is 66.9 Å². The fourth-order valence-corrected chi connectivity index (χ4v) is 6.59. The number of hydrogen-bond acceptors (Lipinski definition) is 5. The summed E-state index contributed by atoms with van der Waals surface area (Å²) < 4.78 is 33.6. The Morgan fingerprint density at radius 1 is 1.07 bits per heavy atom. The van der Waals surface area contributed by atoms with Gasteiger partial charge in [-0.25, -0.2) is 8.42 Å². The summed E-state index contributed by atoms with van der Waals surface area (Å²) >= 11 is 1.74. The minimum Gasteiger partial charge on any atom is -0.373 e. The van der Waals surface area contributed by atoms with Crippen molar-refractivity contribution in [2.24, 2.45) is 0 Å². The number of ether oxygens (including phenoxy) is 1. The van der Waals surface area contributed by atoms with E-state index in [0.717, 1.165) is 22.8 Å². The summed E-state index contributed by atoms with van der Waals surface area (Å²) in [6, 6.07) is 14.3. The van der Waals surface area contributed by atoms with Gasteiger partial charge in [-0.05, 0) is 56.4 Å². The Kier molecular flexibility index (Phi) is 6.20. The Morgan fingerprint density at radius 3 is 2.57 bits per heavy atom. The van der Waals surface area contributed by atoms with E-state index in [0.29, 0.717) is 25.2 Å². The predicted octanol–water partition coefficient (Wildman–Crippen LogP) is 3.63. The van der Waals surface area contributed by atoms with E-state index >= 15 is 0 Å². The first-order chi connectivity index (χ1) is 14.4. The van der Waals surface area contributed by atoms with Gasteiger partial charge in [0.05, 0.1) is 22.8 Å². The molecule has 0 saturated carbocycles. The fourth-order valence-electron chi connectivity index (χ4n) is 3.96. The Morgan fingerprint density at radius 2 is 1.80 bits per heavy atom. The molecular formula is C22H26N2O4S2. The van der Waals surface area contributed by atoms with Gasteiger partial charge in [0.1, 0.15) is 0 Å². The largest absolute Gasteiger partial charge is 0.373 e. The van der Waals surface area contributed by atoms with E-state index in [9.17, 15) is 13.2 Å². The summed E-state index contributed by atoms with van der Waals surface area (Å²) in [6.07, 6.45) is 0.547. The van der Waals surface area contributed by atoms with Crippen molar-refractivity contribution in [2.45, 2.75) is 42.3 Å². The Bertz CT molecular complexity index is 1030. The van der Waals surface area contributed by atoms with Crippen molar-refractivity contribution in [3.8, 4) is 0 Å². The molecule has 2 aromatic rings. The second-order valence-electron chi connectivity index (χ2n) is 7.73. The monoisotopic (exact) mass is 446 g/mol. The van der Waals surface area contributed by atoms with Gasteiger partial charge in [0.2, 0.25) is 10.0 Å². The molecule has 1 fully saturated rings. The molecule has 2 heterocycles. The maximum Gasteiger partial charge on any atom is 0.258 e. The van der Waals surface area contributed by atoms with Crippen molar-refractivity contribution >= 4 is 33.4 Å². The Labute approximate surface area is 182 Å². The standard InChI is InChI=1S/C22H26N2O4S2/c1-16-14-23(15-17(2)28-16)30(26,27)19-8-5-7-18(13-19)22(25)24-11-6-12-29-21-10-4-3-9-20(21)24/h3-5,7-10,13,16-17H,6,11-12,14-15H2,1-2H3/t16-,17-/m1/s1. The molecule has 2 aliphatic rings. The van der Waals surface area contributed by atoms with E-state index in [4.69, 9.17) is 4.74 Å².